The summed E-state index contributed by atoms with van der Waals surface area (Å²) in [7, 11) is -6.15. The van der Waals surface area contributed by atoms with Crippen LogP contribution in [-0.4, -0.2) is 27.6 Å². The minimum Gasteiger partial charge on any atom is -0.258 e. The number of hydrogen-bond donors (Lipinski definition) is 0. The normalized spacial score (nSPS) is 21.2. The summed E-state index contributed by atoms with van der Waals surface area (Å²) in [6, 6.07) is 4.62. The van der Waals surface area contributed by atoms with Gasteiger partial charge in [-0.15, -0.1) is 0 Å². The van der Waals surface area contributed by atoms with Crippen LogP contribution < -0.4 is 0 Å². The van der Waals surface area contributed by atoms with Crippen LogP contribution in [0.15, 0.2) is 44.7 Å². The van der Waals surface area contributed by atoms with Gasteiger partial charge in [0.1, 0.15) is 0 Å². The van der Waals surface area contributed by atoms with E-state index in [1.54, 1.807) is 0 Å². The average Bonchev–Trinajstić information content (AvgIpc) is 2.55. The predicted octanol–water partition coefficient (Wildman–Crippen LogP) is 2.08. The van der Waals surface area contributed by atoms with E-state index >= 15 is 0 Å². The molecule has 1 atom stereocenters. The lowest BCUT2D eigenvalue weighted by Gasteiger charge is -2.26. The maximum Gasteiger partial charge on any atom is 0.291 e. The first-order valence-electron chi connectivity index (χ1n) is 6.89. The molecule has 0 saturated heterocycles. The number of allylic oxidation sites excluding steroid dienone is 2. The highest BCUT2D eigenvalue weighted by Crippen LogP contribution is 2.33. The molecule has 0 radical (unpaired) electrons. The minimum absolute atomic E-state index is 0.308. The number of nitrogens with zero attached hydrogens (tertiary/aromatic N) is 3. The van der Waals surface area contributed by atoms with Crippen LogP contribution in [0, 0.1) is 10.1 Å². The Morgan fingerprint density at radius 3 is 2.74 bits per heavy atom. The number of non-ortho nitro benzene ring substituents is 1. The SMILES string of the molecule is O=[N+]([O-])c1cccc(S(=O)(=O)N2N=CC3=C(CCCC3)S2=O)c1. The summed E-state index contributed by atoms with van der Waals surface area (Å²) in [4.78, 5) is 10.4. The molecule has 3 rings (SSSR count). The van der Waals surface area contributed by atoms with Crippen LogP contribution in [0.25, 0.3) is 0 Å². The lowest BCUT2D eigenvalue weighted by Crippen LogP contribution is -2.32. The summed E-state index contributed by atoms with van der Waals surface area (Å²) >= 11 is 0. The quantitative estimate of drug-likeness (QED) is 0.609. The molecule has 0 saturated carbocycles. The highest BCUT2D eigenvalue weighted by molar-refractivity contribution is 8.02. The fourth-order valence-electron chi connectivity index (χ4n) is 2.49. The molecule has 10 heteroatoms. The summed E-state index contributed by atoms with van der Waals surface area (Å²) < 4.78 is 38.3. The maximum atomic E-state index is 12.6. The van der Waals surface area contributed by atoms with Crippen molar-refractivity contribution >= 4 is 32.9 Å². The van der Waals surface area contributed by atoms with Crippen LogP contribution in [0.1, 0.15) is 25.7 Å². The van der Waals surface area contributed by atoms with Crippen LogP contribution in [0.2, 0.25) is 0 Å². The highest BCUT2D eigenvalue weighted by Gasteiger charge is 2.35. The van der Waals surface area contributed by atoms with E-state index in [0.29, 0.717) is 15.1 Å². The van der Waals surface area contributed by atoms with Crippen LogP contribution in [-0.2, 0) is 21.0 Å². The van der Waals surface area contributed by atoms with Gasteiger partial charge in [0.05, 0.1) is 16.0 Å². The van der Waals surface area contributed by atoms with Crippen molar-refractivity contribution in [2.45, 2.75) is 30.6 Å². The van der Waals surface area contributed by atoms with E-state index in [0.717, 1.165) is 30.9 Å². The van der Waals surface area contributed by atoms with Gasteiger partial charge in [0.2, 0.25) is 0 Å². The second kappa shape index (κ2) is 5.85. The molecule has 0 aromatic heterocycles. The second-order valence-corrected chi connectivity index (χ2v) is 8.45. The van der Waals surface area contributed by atoms with Crippen molar-refractivity contribution in [2.75, 3.05) is 0 Å². The van der Waals surface area contributed by atoms with Gasteiger partial charge in [0, 0.05) is 17.0 Å². The average molecular weight is 355 g/mol. The van der Waals surface area contributed by atoms with E-state index in [4.69, 9.17) is 0 Å². The fourth-order valence-corrected chi connectivity index (χ4v) is 5.62. The van der Waals surface area contributed by atoms with E-state index in [9.17, 15) is 22.7 Å². The Morgan fingerprint density at radius 1 is 1.26 bits per heavy atom. The van der Waals surface area contributed by atoms with Gasteiger partial charge in [-0.3, -0.25) is 10.1 Å². The fraction of sp³-hybridized carbons (Fsp3) is 0.308. The van der Waals surface area contributed by atoms with E-state index in [2.05, 4.69) is 5.10 Å². The van der Waals surface area contributed by atoms with Gasteiger partial charge in [-0.1, -0.05) is 9.89 Å². The number of benzene rings is 1. The molecule has 1 heterocycles. The number of hydrogen-bond acceptors (Lipinski definition) is 6. The summed E-state index contributed by atoms with van der Waals surface area (Å²) in [5, 5.41) is 14.6. The number of rotatable bonds is 3. The summed E-state index contributed by atoms with van der Waals surface area (Å²) in [5.74, 6) is 0. The van der Waals surface area contributed by atoms with Gasteiger partial charge < -0.3 is 0 Å². The van der Waals surface area contributed by atoms with Crippen LogP contribution >= 0.6 is 0 Å². The van der Waals surface area contributed by atoms with E-state index < -0.39 is 25.9 Å². The Kier molecular flexibility index (Phi) is 4.02. The molecule has 23 heavy (non-hydrogen) atoms. The zero-order valence-electron chi connectivity index (χ0n) is 11.9. The van der Waals surface area contributed by atoms with E-state index in [-0.39, 0.29) is 10.6 Å². The van der Waals surface area contributed by atoms with Gasteiger partial charge >= 0.3 is 0 Å². The zero-order chi connectivity index (χ0) is 16.6. The molecule has 122 valence electrons. The molecule has 0 spiro atoms. The molecule has 1 aromatic rings. The van der Waals surface area contributed by atoms with Gasteiger partial charge in [-0.05, 0) is 37.3 Å². The minimum atomic E-state index is -4.22. The monoisotopic (exact) mass is 355 g/mol. The highest BCUT2D eigenvalue weighted by atomic mass is 32.3. The largest absolute Gasteiger partial charge is 0.291 e. The van der Waals surface area contributed by atoms with Crippen molar-refractivity contribution in [2.24, 2.45) is 5.10 Å². The third kappa shape index (κ3) is 2.79. The zero-order valence-corrected chi connectivity index (χ0v) is 13.5. The molecule has 0 fully saturated rings. The van der Waals surface area contributed by atoms with Crippen molar-refractivity contribution in [3.8, 4) is 0 Å². The molecule has 1 aromatic carbocycles. The number of sulfonamides is 1. The smallest absolute Gasteiger partial charge is 0.258 e. The molecule has 1 unspecified atom stereocenters. The van der Waals surface area contributed by atoms with Gasteiger partial charge in [-0.25, -0.2) is 4.21 Å². The van der Waals surface area contributed by atoms with Crippen molar-refractivity contribution < 1.29 is 17.6 Å². The summed E-state index contributed by atoms with van der Waals surface area (Å²) in [5.41, 5.74) is 0.468. The predicted molar refractivity (Wildman–Crippen MR) is 84.2 cm³/mol. The molecule has 0 amide bonds. The number of nitro benzene ring substituents is 1. The van der Waals surface area contributed by atoms with Crippen molar-refractivity contribution in [3.05, 3.63) is 44.9 Å². The van der Waals surface area contributed by atoms with Gasteiger partial charge in [0.15, 0.2) is 11.0 Å². The molecule has 0 bridgehead atoms. The molecule has 8 nitrogen and oxygen atoms in total. The van der Waals surface area contributed by atoms with Crippen LogP contribution in [0.3, 0.4) is 0 Å². The first kappa shape index (κ1) is 15.8. The molecule has 1 aliphatic carbocycles. The Balaban J connectivity index is 2.00. The number of hydrazone groups is 1. The molecule has 1 aliphatic heterocycles. The Labute approximate surface area is 135 Å². The third-order valence-electron chi connectivity index (χ3n) is 3.65. The first-order chi connectivity index (χ1) is 10.9. The molecular weight excluding hydrogens is 342 g/mol. The van der Waals surface area contributed by atoms with Crippen LogP contribution in [0.5, 0.6) is 0 Å². The van der Waals surface area contributed by atoms with Crippen molar-refractivity contribution in [3.63, 3.8) is 0 Å². The molecule has 2 aliphatic rings. The van der Waals surface area contributed by atoms with Gasteiger partial charge in [0.25, 0.3) is 15.7 Å². The third-order valence-corrected chi connectivity index (χ3v) is 7.27. The lowest BCUT2D eigenvalue weighted by molar-refractivity contribution is -0.385. The van der Waals surface area contributed by atoms with Gasteiger partial charge in [-0.2, -0.15) is 13.5 Å². The Hall–Kier alpha value is -2.07. The van der Waals surface area contributed by atoms with Crippen molar-refractivity contribution in [1.29, 1.82) is 0 Å². The van der Waals surface area contributed by atoms with E-state index in [1.165, 1.54) is 24.4 Å². The molecular formula is C13H13N3O5S2. The second-order valence-electron chi connectivity index (χ2n) is 5.12. The van der Waals surface area contributed by atoms with Crippen LogP contribution in [0.4, 0.5) is 5.69 Å². The topological polar surface area (TPSA) is 110 Å². The van der Waals surface area contributed by atoms with E-state index in [1.807, 2.05) is 0 Å². The molecule has 0 N–H and O–H groups in total. The first-order valence-corrected chi connectivity index (χ1v) is 9.43. The maximum absolute atomic E-state index is 12.6. The Bertz CT molecular complexity index is 860. The lowest BCUT2D eigenvalue weighted by atomic mass is 10.0. The summed E-state index contributed by atoms with van der Waals surface area (Å²) in [6.07, 6.45) is 4.53. The number of nitro groups is 1. The Morgan fingerprint density at radius 2 is 2.00 bits per heavy atom. The standard InChI is InChI=1S/C13H13N3O5S2/c17-15(18)11-5-3-6-12(8-11)23(20,21)16-14-9-10-4-1-2-7-13(10)22(16)19/h3,5-6,8-9H,1-2,4,7H2. The van der Waals surface area contributed by atoms with Crippen molar-refractivity contribution in [1.82, 2.24) is 3.82 Å². The summed E-state index contributed by atoms with van der Waals surface area (Å²) in [6.45, 7) is 0.